The van der Waals surface area contributed by atoms with Crippen LogP contribution in [0.25, 0.3) is 0 Å². The molecule has 1 aromatic heterocycles. The van der Waals surface area contributed by atoms with Crippen molar-refractivity contribution in [3.05, 3.63) is 30.1 Å². The van der Waals surface area contributed by atoms with Gasteiger partial charge < -0.3 is 5.32 Å². The third-order valence-corrected chi connectivity index (χ3v) is 2.36. The number of aromatic nitrogens is 1. The molecule has 94 valence electrons. The monoisotopic (exact) mass is 235 g/mol. The molecule has 0 bridgehead atoms. The second-order valence-corrected chi connectivity index (χ2v) is 5.19. The predicted octanol–water partition coefficient (Wildman–Crippen LogP) is 1.68. The molecule has 1 heterocycles. The van der Waals surface area contributed by atoms with Gasteiger partial charge in [-0.05, 0) is 18.6 Å². The van der Waals surface area contributed by atoms with Crippen molar-refractivity contribution in [2.24, 2.45) is 5.41 Å². The zero-order chi connectivity index (χ0) is 12.9. The van der Waals surface area contributed by atoms with E-state index in [2.05, 4.69) is 15.6 Å². The molecule has 1 unspecified atom stereocenters. The summed E-state index contributed by atoms with van der Waals surface area (Å²) in [6.45, 7) is 8.32. The fraction of sp³-hybridized carbons (Fsp3) is 0.538. The number of hydrogen-bond donors (Lipinski definition) is 2. The smallest absolute Gasteiger partial charge is 0.226 e. The highest BCUT2D eigenvalue weighted by Crippen LogP contribution is 2.12. The lowest BCUT2D eigenvalue weighted by Gasteiger charge is -2.22. The molecule has 0 aliphatic heterocycles. The summed E-state index contributed by atoms with van der Waals surface area (Å²) in [6, 6.07) is 3.90. The van der Waals surface area contributed by atoms with Gasteiger partial charge in [-0.25, -0.2) is 0 Å². The lowest BCUT2D eigenvalue weighted by atomic mass is 9.95. The van der Waals surface area contributed by atoms with Gasteiger partial charge in [-0.15, -0.1) is 0 Å². The fourth-order valence-corrected chi connectivity index (χ4v) is 1.24. The van der Waals surface area contributed by atoms with Crippen molar-refractivity contribution in [1.29, 1.82) is 0 Å². The minimum atomic E-state index is -0.357. The van der Waals surface area contributed by atoms with Gasteiger partial charge in [0, 0.05) is 24.4 Å². The van der Waals surface area contributed by atoms with Crippen LogP contribution in [-0.2, 0) is 11.3 Å². The van der Waals surface area contributed by atoms with Crippen molar-refractivity contribution >= 4 is 5.91 Å². The van der Waals surface area contributed by atoms with Crippen LogP contribution in [0.5, 0.6) is 0 Å². The van der Waals surface area contributed by atoms with Gasteiger partial charge >= 0.3 is 0 Å². The molecule has 4 heteroatoms. The molecule has 0 aliphatic rings. The van der Waals surface area contributed by atoms with Crippen LogP contribution >= 0.6 is 0 Å². The molecule has 0 fully saturated rings. The Hall–Kier alpha value is -1.42. The highest BCUT2D eigenvalue weighted by molar-refractivity contribution is 5.81. The first-order valence-corrected chi connectivity index (χ1v) is 5.83. The number of amides is 1. The molecule has 0 saturated carbocycles. The van der Waals surface area contributed by atoms with E-state index in [-0.39, 0.29) is 17.5 Å². The van der Waals surface area contributed by atoms with E-state index in [4.69, 9.17) is 0 Å². The standard InChI is InChI=1S/C13H21N3O/c1-10(16-12(17)13(2,3)4)15-9-11-6-5-7-14-8-11/h5-8,10,15H,9H2,1-4H3,(H,16,17). The zero-order valence-corrected chi connectivity index (χ0v) is 10.9. The van der Waals surface area contributed by atoms with Gasteiger partial charge in [0.05, 0.1) is 6.17 Å². The van der Waals surface area contributed by atoms with Crippen molar-refractivity contribution in [3.63, 3.8) is 0 Å². The summed E-state index contributed by atoms with van der Waals surface area (Å²) < 4.78 is 0. The summed E-state index contributed by atoms with van der Waals surface area (Å²) in [5.41, 5.74) is 0.744. The molecular formula is C13H21N3O. The van der Waals surface area contributed by atoms with Gasteiger partial charge in [-0.2, -0.15) is 0 Å². The maximum Gasteiger partial charge on any atom is 0.226 e. The van der Waals surface area contributed by atoms with Gasteiger partial charge in [-0.3, -0.25) is 15.1 Å². The summed E-state index contributed by atoms with van der Waals surface area (Å²) in [6.07, 6.45) is 3.50. The Labute approximate surface area is 103 Å². The molecule has 0 spiro atoms. The van der Waals surface area contributed by atoms with Gasteiger partial charge in [-0.1, -0.05) is 26.8 Å². The van der Waals surface area contributed by atoms with Crippen LogP contribution < -0.4 is 10.6 Å². The van der Waals surface area contributed by atoms with Crippen LogP contribution in [0.3, 0.4) is 0 Å². The van der Waals surface area contributed by atoms with Crippen molar-refractivity contribution in [3.8, 4) is 0 Å². The Kier molecular flexibility index (Phi) is 4.63. The fourth-order valence-electron chi connectivity index (χ4n) is 1.24. The molecule has 1 rings (SSSR count). The number of carbonyl (C=O) groups excluding carboxylic acids is 1. The lowest BCUT2D eigenvalue weighted by Crippen LogP contribution is -2.47. The number of nitrogens with zero attached hydrogens (tertiary/aromatic N) is 1. The third kappa shape index (κ3) is 4.95. The molecule has 0 radical (unpaired) electrons. The minimum absolute atomic E-state index is 0.0451. The maximum atomic E-state index is 11.7. The second-order valence-electron chi connectivity index (χ2n) is 5.19. The van der Waals surface area contributed by atoms with E-state index in [1.54, 1.807) is 6.20 Å². The van der Waals surface area contributed by atoms with Gasteiger partial charge in [0.1, 0.15) is 0 Å². The summed E-state index contributed by atoms with van der Waals surface area (Å²) in [5.74, 6) is 0.0451. The van der Waals surface area contributed by atoms with Crippen molar-refractivity contribution < 1.29 is 4.79 Å². The molecule has 0 saturated heterocycles. The summed E-state index contributed by atoms with van der Waals surface area (Å²) in [5, 5.41) is 6.15. The molecule has 4 nitrogen and oxygen atoms in total. The number of rotatable bonds is 4. The highest BCUT2D eigenvalue weighted by atomic mass is 16.2. The molecule has 2 N–H and O–H groups in total. The molecular weight excluding hydrogens is 214 g/mol. The normalized spacial score (nSPS) is 13.2. The van der Waals surface area contributed by atoms with Gasteiger partial charge in [0.2, 0.25) is 5.91 Å². The quantitative estimate of drug-likeness (QED) is 0.781. The van der Waals surface area contributed by atoms with Crippen LogP contribution in [0.15, 0.2) is 24.5 Å². The van der Waals surface area contributed by atoms with Crippen molar-refractivity contribution in [1.82, 2.24) is 15.6 Å². The Morgan fingerprint density at radius 3 is 2.71 bits per heavy atom. The number of carbonyl (C=O) groups is 1. The first kappa shape index (κ1) is 13.6. The molecule has 1 aromatic rings. The number of pyridine rings is 1. The SMILES string of the molecule is CC(NCc1cccnc1)NC(=O)C(C)(C)C. The first-order chi connectivity index (χ1) is 7.89. The summed E-state index contributed by atoms with van der Waals surface area (Å²) in [7, 11) is 0. The van der Waals surface area contributed by atoms with Crippen molar-refractivity contribution in [2.45, 2.75) is 40.4 Å². The maximum absolute atomic E-state index is 11.7. The highest BCUT2D eigenvalue weighted by Gasteiger charge is 2.22. The summed E-state index contributed by atoms with van der Waals surface area (Å²) >= 11 is 0. The molecule has 1 atom stereocenters. The summed E-state index contributed by atoms with van der Waals surface area (Å²) in [4.78, 5) is 15.8. The Balaban J connectivity index is 2.36. The number of hydrogen-bond acceptors (Lipinski definition) is 3. The molecule has 1 amide bonds. The Morgan fingerprint density at radius 1 is 1.47 bits per heavy atom. The first-order valence-electron chi connectivity index (χ1n) is 5.83. The molecule has 0 aliphatic carbocycles. The van der Waals surface area contributed by atoms with E-state index in [0.717, 1.165) is 5.56 Å². The van der Waals surface area contributed by atoms with E-state index in [9.17, 15) is 4.79 Å². The number of nitrogens with one attached hydrogen (secondary N) is 2. The van der Waals surface area contributed by atoms with Crippen molar-refractivity contribution in [2.75, 3.05) is 0 Å². The van der Waals surface area contributed by atoms with Gasteiger partial charge in [0.15, 0.2) is 0 Å². The Bertz CT molecular complexity index is 357. The predicted molar refractivity (Wildman–Crippen MR) is 68.1 cm³/mol. The van der Waals surface area contributed by atoms with Crippen LogP contribution in [0.2, 0.25) is 0 Å². The molecule has 0 aromatic carbocycles. The molecule has 17 heavy (non-hydrogen) atoms. The Morgan fingerprint density at radius 2 is 2.18 bits per heavy atom. The third-order valence-electron chi connectivity index (χ3n) is 2.36. The van der Waals surface area contributed by atoms with E-state index in [0.29, 0.717) is 6.54 Å². The van der Waals surface area contributed by atoms with E-state index < -0.39 is 0 Å². The lowest BCUT2D eigenvalue weighted by molar-refractivity contribution is -0.129. The minimum Gasteiger partial charge on any atom is -0.341 e. The largest absolute Gasteiger partial charge is 0.341 e. The van der Waals surface area contributed by atoms with Crippen LogP contribution in [-0.4, -0.2) is 17.1 Å². The van der Waals surface area contributed by atoms with Crippen LogP contribution in [0.4, 0.5) is 0 Å². The average Bonchev–Trinajstić information content (AvgIpc) is 2.26. The van der Waals surface area contributed by atoms with Crippen LogP contribution in [0.1, 0.15) is 33.3 Å². The van der Waals surface area contributed by atoms with E-state index in [1.165, 1.54) is 0 Å². The average molecular weight is 235 g/mol. The van der Waals surface area contributed by atoms with E-state index >= 15 is 0 Å². The zero-order valence-electron chi connectivity index (χ0n) is 10.9. The second kappa shape index (κ2) is 5.77. The van der Waals surface area contributed by atoms with Crippen LogP contribution in [0, 0.1) is 5.41 Å². The van der Waals surface area contributed by atoms with E-state index in [1.807, 2.05) is 46.0 Å². The topological polar surface area (TPSA) is 54.0 Å². The van der Waals surface area contributed by atoms with Gasteiger partial charge in [0.25, 0.3) is 0 Å².